The predicted molar refractivity (Wildman–Crippen MR) is 75.9 cm³/mol. The third-order valence-electron chi connectivity index (χ3n) is 4.23. The second kappa shape index (κ2) is 5.14. The molecule has 1 aliphatic carbocycles. The first-order valence-corrected chi connectivity index (χ1v) is 7.42. The number of hydrogen-bond donors (Lipinski definition) is 1. The number of nitrogens with one attached hydrogen (secondary N) is 1. The first kappa shape index (κ1) is 12.9. The minimum Gasteiger partial charge on any atom is -0.319 e. The van der Waals surface area contributed by atoms with Crippen LogP contribution in [0.1, 0.15) is 44.3 Å². The van der Waals surface area contributed by atoms with Crippen LogP contribution >= 0.6 is 11.6 Å². The molecule has 0 spiro atoms. The Kier molecular flexibility index (Phi) is 3.50. The van der Waals surface area contributed by atoms with Crippen LogP contribution in [0.3, 0.4) is 0 Å². The summed E-state index contributed by atoms with van der Waals surface area (Å²) in [6.45, 7) is 2.05. The maximum Gasteiger partial charge on any atom is 0.241 e. The Morgan fingerprint density at radius 2 is 2.21 bits per heavy atom. The summed E-state index contributed by atoms with van der Waals surface area (Å²) in [4.78, 5) is 14.5. The fourth-order valence-electron chi connectivity index (χ4n) is 2.93. The minimum atomic E-state index is -0.0513. The van der Waals surface area contributed by atoms with Gasteiger partial charge in [0.05, 0.1) is 6.04 Å². The van der Waals surface area contributed by atoms with Crippen molar-refractivity contribution in [2.75, 3.05) is 0 Å². The van der Waals surface area contributed by atoms with Gasteiger partial charge < -0.3 is 4.90 Å². The van der Waals surface area contributed by atoms with Gasteiger partial charge in [-0.3, -0.25) is 10.1 Å². The van der Waals surface area contributed by atoms with Crippen LogP contribution in [0, 0.1) is 0 Å². The molecule has 1 saturated heterocycles. The zero-order valence-corrected chi connectivity index (χ0v) is 11.9. The van der Waals surface area contributed by atoms with E-state index in [0.717, 1.165) is 29.8 Å². The Hall–Kier alpha value is -1.06. The largest absolute Gasteiger partial charge is 0.319 e. The molecular formula is C15H19ClN2O. The molecule has 4 heteroatoms. The standard InChI is InChI=1S/C15H19ClN2O/c1-2-13-15(19)18(12-7-4-8-12)14(17-13)10-5-3-6-11(16)9-10/h3,5-6,9,12-14,17H,2,4,7-8H2,1H3. The smallest absolute Gasteiger partial charge is 0.241 e. The van der Waals surface area contributed by atoms with E-state index >= 15 is 0 Å². The van der Waals surface area contributed by atoms with Crippen molar-refractivity contribution in [3.63, 3.8) is 0 Å². The van der Waals surface area contributed by atoms with Crippen molar-refractivity contribution in [3.05, 3.63) is 34.9 Å². The molecular weight excluding hydrogens is 260 g/mol. The van der Waals surface area contributed by atoms with Gasteiger partial charge in [0, 0.05) is 11.1 Å². The molecule has 1 aliphatic heterocycles. The first-order chi connectivity index (χ1) is 9.20. The summed E-state index contributed by atoms with van der Waals surface area (Å²) in [6, 6.07) is 8.16. The van der Waals surface area contributed by atoms with Crippen LogP contribution in [-0.4, -0.2) is 22.9 Å². The molecule has 2 fully saturated rings. The minimum absolute atomic E-state index is 0.0125. The highest BCUT2D eigenvalue weighted by Gasteiger charge is 2.43. The van der Waals surface area contributed by atoms with Gasteiger partial charge in [0.1, 0.15) is 6.17 Å². The van der Waals surface area contributed by atoms with Crippen molar-refractivity contribution in [2.45, 2.75) is 50.9 Å². The SMILES string of the molecule is CCC1NC(c2cccc(Cl)c2)N(C2CCC2)C1=O. The lowest BCUT2D eigenvalue weighted by Crippen LogP contribution is -2.44. The van der Waals surface area contributed by atoms with Gasteiger partial charge in [0.2, 0.25) is 5.91 Å². The normalized spacial score (nSPS) is 27.7. The number of carbonyl (C=O) groups is 1. The van der Waals surface area contributed by atoms with Crippen molar-refractivity contribution in [1.82, 2.24) is 10.2 Å². The molecule has 1 heterocycles. The number of benzene rings is 1. The molecule has 1 saturated carbocycles. The molecule has 1 N–H and O–H groups in total. The van der Waals surface area contributed by atoms with Crippen molar-refractivity contribution in [3.8, 4) is 0 Å². The molecule has 0 bridgehead atoms. The summed E-state index contributed by atoms with van der Waals surface area (Å²) in [5, 5.41) is 4.17. The Morgan fingerprint density at radius 1 is 1.42 bits per heavy atom. The van der Waals surface area contributed by atoms with Crippen molar-refractivity contribution >= 4 is 17.5 Å². The molecule has 3 nitrogen and oxygen atoms in total. The molecule has 0 aromatic heterocycles. The van der Waals surface area contributed by atoms with E-state index in [-0.39, 0.29) is 18.1 Å². The fourth-order valence-corrected chi connectivity index (χ4v) is 3.13. The van der Waals surface area contributed by atoms with Gasteiger partial charge in [0.15, 0.2) is 0 Å². The van der Waals surface area contributed by atoms with Crippen LogP contribution in [-0.2, 0) is 4.79 Å². The fraction of sp³-hybridized carbons (Fsp3) is 0.533. The van der Waals surface area contributed by atoms with Crippen LogP contribution in [0.5, 0.6) is 0 Å². The molecule has 1 amide bonds. The zero-order chi connectivity index (χ0) is 13.4. The summed E-state index contributed by atoms with van der Waals surface area (Å²) in [7, 11) is 0. The number of rotatable bonds is 3. The molecule has 1 aromatic carbocycles. The van der Waals surface area contributed by atoms with Gasteiger partial charge in [-0.25, -0.2) is 0 Å². The van der Waals surface area contributed by atoms with E-state index < -0.39 is 0 Å². The Morgan fingerprint density at radius 3 is 2.79 bits per heavy atom. The second-order valence-corrected chi connectivity index (χ2v) is 5.85. The lowest BCUT2D eigenvalue weighted by Gasteiger charge is -2.38. The lowest BCUT2D eigenvalue weighted by atomic mass is 9.90. The van der Waals surface area contributed by atoms with Crippen LogP contribution in [0.15, 0.2) is 24.3 Å². The van der Waals surface area contributed by atoms with Crippen LogP contribution < -0.4 is 5.32 Å². The highest BCUT2D eigenvalue weighted by molar-refractivity contribution is 6.30. The summed E-state index contributed by atoms with van der Waals surface area (Å²) in [5.74, 6) is 0.247. The number of hydrogen-bond acceptors (Lipinski definition) is 2. The summed E-state index contributed by atoms with van der Waals surface area (Å²) >= 11 is 6.07. The van der Waals surface area contributed by atoms with Crippen molar-refractivity contribution < 1.29 is 4.79 Å². The van der Waals surface area contributed by atoms with Gasteiger partial charge in [-0.15, -0.1) is 0 Å². The maximum absolute atomic E-state index is 12.5. The van der Waals surface area contributed by atoms with Gasteiger partial charge in [-0.2, -0.15) is 0 Å². The highest BCUT2D eigenvalue weighted by atomic mass is 35.5. The molecule has 2 aliphatic rings. The summed E-state index contributed by atoms with van der Waals surface area (Å²) < 4.78 is 0. The summed E-state index contributed by atoms with van der Waals surface area (Å²) in [6.07, 6.45) is 4.30. The number of nitrogens with zero attached hydrogens (tertiary/aromatic N) is 1. The quantitative estimate of drug-likeness (QED) is 0.921. The number of carbonyl (C=O) groups excluding carboxylic acids is 1. The predicted octanol–water partition coefficient (Wildman–Crippen LogP) is 3.10. The zero-order valence-electron chi connectivity index (χ0n) is 11.1. The molecule has 2 unspecified atom stereocenters. The van der Waals surface area contributed by atoms with Gasteiger partial charge >= 0.3 is 0 Å². The molecule has 19 heavy (non-hydrogen) atoms. The van der Waals surface area contributed by atoms with Crippen molar-refractivity contribution in [2.24, 2.45) is 0 Å². The van der Waals surface area contributed by atoms with Gasteiger partial charge in [0.25, 0.3) is 0 Å². The van der Waals surface area contributed by atoms with E-state index in [1.807, 2.05) is 29.2 Å². The lowest BCUT2D eigenvalue weighted by molar-refractivity contribution is -0.134. The summed E-state index contributed by atoms with van der Waals surface area (Å²) in [5.41, 5.74) is 1.09. The van der Waals surface area contributed by atoms with Crippen LogP contribution in [0.4, 0.5) is 0 Å². The average molecular weight is 279 g/mol. The third kappa shape index (κ3) is 2.26. The van der Waals surface area contributed by atoms with Crippen LogP contribution in [0.25, 0.3) is 0 Å². The molecule has 102 valence electrons. The Balaban J connectivity index is 1.91. The second-order valence-electron chi connectivity index (χ2n) is 5.42. The van der Waals surface area contributed by atoms with Gasteiger partial charge in [-0.1, -0.05) is 30.7 Å². The van der Waals surface area contributed by atoms with E-state index in [2.05, 4.69) is 12.2 Å². The van der Waals surface area contributed by atoms with Crippen molar-refractivity contribution in [1.29, 1.82) is 0 Å². The van der Waals surface area contributed by atoms with E-state index in [4.69, 9.17) is 11.6 Å². The highest BCUT2D eigenvalue weighted by Crippen LogP contribution is 2.36. The first-order valence-electron chi connectivity index (χ1n) is 7.04. The molecule has 3 rings (SSSR count). The number of amides is 1. The van der Waals surface area contributed by atoms with E-state index in [1.165, 1.54) is 6.42 Å². The average Bonchev–Trinajstić information content (AvgIpc) is 2.65. The molecule has 2 atom stereocenters. The third-order valence-corrected chi connectivity index (χ3v) is 4.47. The number of halogens is 1. The van der Waals surface area contributed by atoms with E-state index in [9.17, 15) is 4.79 Å². The molecule has 1 aromatic rings. The molecule has 0 radical (unpaired) electrons. The van der Waals surface area contributed by atoms with Crippen LogP contribution in [0.2, 0.25) is 5.02 Å². The van der Waals surface area contributed by atoms with Gasteiger partial charge in [-0.05, 0) is 43.4 Å². The van der Waals surface area contributed by atoms with E-state index in [0.29, 0.717) is 6.04 Å². The topological polar surface area (TPSA) is 32.3 Å². The Bertz CT molecular complexity index is 487. The monoisotopic (exact) mass is 278 g/mol. The Labute approximate surface area is 118 Å². The maximum atomic E-state index is 12.5. The van der Waals surface area contributed by atoms with E-state index in [1.54, 1.807) is 0 Å².